The van der Waals surface area contributed by atoms with E-state index in [4.69, 9.17) is 16.7 Å². The van der Waals surface area contributed by atoms with Crippen molar-refractivity contribution in [3.05, 3.63) is 27.7 Å². The Hall–Kier alpha value is -0.250. The van der Waals surface area contributed by atoms with Crippen LogP contribution in [0.5, 0.6) is 0 Å². The summed E-state index contributed by atoms with van der Waals surface area (Å²) in [4.78, 5) is 0. The van der Waals surface area contributed by atoms with Crippen molar-refractivity contribution in [1.29, 1.82) is 0 Å². The second-order valence-electron chi connectivity index (χ2n) is 2.85. The third-order valence-corrected chi connectivity index (χ3v) is 2.41. The quantitative estimate of drug-likeness (QED) is 0.880. The van der Waals surface area contributed by atoms with Gasteiger partial charge in [0, 0.05) is 10.5 Å². The van der Waals surface area contributed by atoms with Crippen LogP contribution in [0, 0.1) is 0 Å². The molecule has 0 saturated heterocycles. The van der Waals surface area contributed by atoms with Crippen LogP contribution in [-0.2, 0) is 0 Å². The maximum absolute atomic E-state index is 8.83. The molecule has 13 heavy (non-hydrogen) atoms. The number of hydrogen-bond acceptors (Lipinski definition) is 2. The summed E-state index contributed by atoms with van der Waals surface area (Å²) in [6.45, 7) is 1.98. The molecule has 2 nitrogen and oxygen atoms in total. The van der Waals surface area contributed by atoms with Gasteiger partial charge >= 0.3 is 0 Å². The standard InChI is InChI=1S/C9H11BrClNO/c1-6(5-13)12-9-3-2-7(10)4-8(9)11/h2-4,6,12-13H,5H2,1H3. The van der Waals surface area contributed by atoms with Gasteiger partial charge in [-0.15, -0.1) is 0 Å². The van der Waals surface area contributed by atoms with E-state index < -0.39 is 0 Å². The molecule has 0 saturated carbocycles. The lowest BCUT2D eigenvalue weighted by Gasteiger charge is -2.13. The smallest absolute Gasteiger partial charge is 0.0648 e. The normalized spacial score (nSPS) is 12.6. The first-order chi connectivity index (χ1) is 6.13. The molecule has 72 valence electrons. The van der Waals surface area contributed by atoms with Gasteiger partial charge in [0.25, 0.3) is 0 Å². The molecule has 0 amide bonds. The predicted octanol–water partition coefficient (Wildman–Crippen LogP) is 2.90. The summed E-state index contributed by atoms with van der Waals surface area (Å²) in [6.07, 6.45) is 0. The van der Waals surface area contributed by atoms with E-state index in [-0.39, 0.29) is 12.6 Å². The van der Waals surface area contributed by atoms with E-state index in [0.717, 1.165) is 10.2 Å². The van der Waals surface area contributed by atoms with Crippen molar-refractivity contribution in [2.75, 3.05) is 11.9 Å². The highest BCUT2D eigenvalue weighted by Gasteiger charge is 2.03. The Morgan fingerprint density at radius 2 is 2.31 bits per heavy atom. The molecule has 0 aromatic heterocycles. The van der Waals surface area contributed by atoms with Crippen molar-refractivity contribution >= 4 is 33.2 Å². The third-order valence-electron chi connectivity index (χ3n) is 1.61. The van der Waals surface area contributed by atoms with Crippen LogP contribution in [-0.4, -0.2) is 17.8 Å². The Bertz CT molecular complexity index is 293. The van der Waals surface area contributed by atoms with Gasteiger partial charge in [-0.1, -0.05) is 27.5 Å². The molecule has 0 aliphatic heterocycles. The van der Waals surface area contributed by atoms with Crippen LogP contribution in [0.15, 0.2) is 22.7 Å². The molecule has 1 aromatic carbocycles. The summed E-state index contributed by atoms with van der Waals surface area (Å²) in [5.74, 6) is 0. The van der Waals surface area contributed by atoms with Crippen LogP contribution in [0.3, 0.4) is 0 Å². The molecule has 0 spiro atoms. The highest BCUT2D eigenvalue weighted by molar-refractivity contribution is 9.10. The molecule has 1 atom stereocenters. The summed E-state index contributed by atoms with van der Waals surface area (Å²) in [7, 11) is 0. The van der Waals surface area contributed by atoms with Crippen LogP contribution in [0.1, 0.15) is 6.92 Å². The minimum Gasteiger partial charge on any atom is -0.394 e. The Labute approximate surface area is 91.0 Å². The first kappa shape index (κ1) is 10.8. The van der Waals surface area contributed by atoms with Crippen molar-refractivity contribution in [3.8, 4) is 0 Å². The highest BCUT2D eigenvalue weighted by atomic mass is 79.9. The molecule has 1 aromatic rings. The van der Waals surface area contributed by atoms with E-state index in [9.17, 15) is 0 Å². The van der Waals surface area contributed by atoms with E-state index in [1.54, 1.807) is 0 Å². The van der Waals surface area contributed by atoms with Crippen LogP contribution < -0.4 is 5.32 Å². The maximum atomic E-state index is 8.83. The number of aliphatic hydroxyl groups is 1. The van der Waals surface area contributed by atoms with Crippen molar-refractivity contribution in [2.45, 2.75) is 13.0 Å². The van der Waals surface area contributed by atoms with E-state index >= 15 is 0 Å². The summed E-state index contributed by atoms with van der Waals surface area (Å²) >= 11 is 9.27. The number of aliphatic hydroxyl groups excluding tert-OH is 1. The van der Waals surface area contributed by atoms with E-state index in [2.05, 4.69) is 21.2 Å². The molecule has 1 unspecified atom stereocenters. The van der Waals surface area contributed by atoms with E-state index in [1.807, 2.05) is 25.1 Å². The van der Waals surface area contributed by atoms with Gasteiger partial charge < -0.3 is 10.4 Å². The van der Waals surface area contributed by atoms with Crippen LogP contribution >= 0.6 is 27.5 Å². The molecule has 0 bridgehead atoms. The number of nitrogens with one attached hydrogen (secondary N) is 1. The van der Waals surface area contributed by atoms with Crippen LogP contribution in [0.4, 0.5) is 5.69 Å². The van der Waals surface area contributed by atoms with Crippen LogP contribution in [0.2, 0.25) is 5.02 Å². The minimum absolute atomic E-state index is 0.0127. The Kier molecular flexibility index (Phi) is 4.03. The third kappa shape index (κ3) is 3.18. The van der Waals surface area contributed by atoms with Gasteiger partial charge in [-0.3, -0.25) is 0 Å². The number of rotatable bonds is 3. The lowest BCUT2D eigenvalue weighted by molar-refractivity contribution is 0.281. The lowest BCUT2D eigenvalue weighted by atomic mass is 10.3. The van der Waals surface area contributed by atoms with Gasteiger partial charge in [0.1, 0.15) is 0 Å². The SMILES string of the molecule is CC(CO)Nc1ccc(Br)cc1Cl. The maximum Gasteiger partial charge on any atom is 0.0648 e. The zero-order valence-electron chi connectivity index (χ0n) is 7.22. The summed E-state index contributed by atoms with van der Waals surface area (Å²) < 4.78 is 0.944. The van der Waals surface area contributed by atoms with Crippen LogP contribution in [0.25, 0.3) is 0 Å². The molecule has 1 rings (SSSR count). The molecule has 0 aliphatic carbocycles. The first-order valence-corrected chi connectivity index (χ1v) is 5.13. The number of hydrogen-bond donors (Lipinski definition) is 2. The van der Waals surface area contributed by atoms with E-state index in [1.165, 1.54) is 0 Å². The molecular weight excluding hydrogens is 253 g/mol. The molecule has 0 aliphatic rings. The van der Waals surface area contributed by atoms with Gasteiger partial charge in [0.05, 0.1) is 17.3 Å². The van der Waals surface area contributed by atoms with Gasteiger partial charge in [-0.25, -0.2) is 0 Å². The monoisotopic (exact) mass is 263 g/mol. The number of benzene rings is 1. The first-order valence-electron chi connectivity index (χ1n) is 3.96. The summed E-state index contributed by atoms with van der Waals surface area (Å²) in [5, 5.41) is 12.6. The summed E-state index contributed by atoms with van der Waals surface area (Å²) in [5.41, 5.74) is 0.839. The molecule has 0 fully saturated rings. The van der Waals surface area contributed by atoms with Gasteiger partial charge in [0.15, 0.2) is 0 Å². The lowest BCUT2D eigenvalue weighted by Crippen LogP contribution is -2.19. The Balaban J connectivity index is 2.77. The average molecular weight is 265 g/mol. The number of halogens is 2. The fourth-order valence-electron chi connectivity index (χ4n) is 0.918. The molecule has 2 N–H and O–H groups in total. The van der Waals surface area contributed by atoms with E-state index in [0.29, 0.717) is 5.02 Å². The highest BCUT2D eigenvalue weighted by Crippen LogP contribution is 2.25. The van der Waals surface area contributed by atoms with Gasteiger partial charge in [0.2, 0.25) is 0 Å². The topological polar surface area (TPSA) is 32.3 Å². The zero-order chi connectivity index (χ0) is 9.84. The van der Waals surface area contributed by atoms with Crippen molar-refractivity contribution in [1.82, 2.24) is 0 Å². The van der Waals surface area contributed by atoms with Gasteiger partial charge in [-0.2, -0.15) is 0 Å². The zero-order valence-corrected chi connectivity index (χ0v) is 9.56. The van der Waals surface area contributed by atoms with Crippen molar-refractivity contribution in [2.24, 2.45) is 0 Å². The minimum atomic E-state index is 0.0127. The second-order valence-corrected chi connectivity index (χ2v) is 4.18. The van der Waals surface area contributed by atoms with Gasteiger partial charge in [-0.05, 0) is 25.1 Å². The molecule has 0 heterocycles. The molecule has 4 heteroatoms. The van der Waals surface area contributed by atoms with Crippen molar-refractivity contribution in [3.63, 3.8) is 0 Å². The van der Waals surface area contributed by atoms with Crippen molar-refractivity contribution < 1.29 is 5.11 Å². The fraction of sp³-hybridized carbons (Fsp3) is 0.333. The average Bonchev–Trinajstić information content (AvgIpc) is 2.09. The predicted molar refractivity (Wildman–Crippen MR) is 59.3 cm³/mol. The Morgan fingerprint density at radius 3 is 2.85 bits per heavy atom. The molecular formula is C9H11BrClNO. The fourth-order valence-corrected chi connectivity index (χ4v) is 1.65. The molecule has 0 radical (unpaired) electrons. The summed E-state index contributed by atoms with van der Waals surface area (Å²) in [6, 6.07) is 5.60. The Morgan fingerprint density at radius 1 is 1.62 bits per heavy atom. The second kappa shape index (κ2) is 4.84. The number of anilines is 1. The largest absolute Gasteiger partial charge is 0.394 e.